The molecule has 2 aliphatic heterocycles. The molecule has 3 aromatic carbocycles. The largest absolute Gasteiger partial charge is 0.493 e. The van der Waals surface area contributed by atoms with Gasteiger partial charge in [0.2, 0.25) is 29.0 Å². The molecule has 6 rings (SSSR count). The van der Waals surface area contributed by atoms with E-state index in [2.05, 4.69) is 0 Å². The second-order valence-corrected chi connectivity index (χ2v) is 9.44. The summed E-state index contributed by atoms with van der Waals surface area (Å²) in [5.41, 5.74) is 0.150. The summed E-state index contributed by atoms with van der Waals surface area (Å²) >= 11 is 0. The fraction of sp³-hybridized carbons (Fsp3) is 0.241. The summed E-state index contributed by atoms with van der Waals surface area (Å²) in [4.78, 5) is 56.7. The molecule has 8 heteroatoms. The molecule has 1 aliphatic carbocycles. The van der Waals surface area contributed by atoms with Gasteiger partial charge in [-0.1, -0.05) is 54.1 Å². The zero-order chi connectivity index (χ0) is 26.1. The van der Waals surface area contributed by atoms with Crippen LogP contribution in [-0.2, 0) is 14.3 Å². The van der Waals surface area contributed by atoms with Crippen molar-refractivity contribution in [1.82, 2.24) is 0 Å². The fourth-order valence-electron chi connectivity index (χ4n) is 5.79. The molecule has 0 aromatic heterocycles. The van der Waals surface area contributed by atoms with Gasteiger partial charge in [0.05, 0.1) is 37.8 Å². The number of imide groups is 1. The van der Waals surface area contributed by atoms with Gasteiger partial charge >= 0.3 is 0 Å². The van der Waals surface area contributed by atoms with Crippen molar-refractivity contribution in [2.45, 2.75) is 18.6 Å². The normalized spacial score (nSPS) is 23.5. The van der Waals surface area contributed by atoms with Gasteiger partial charge in [0.15, 0.2) is 11.5 Å². The molecule has 0 unspecified atom stereocenters. The summed E-state index contributed by atoms with van der Waals surface area (Å²) in [5, 5.41) is 0. The molecule has 3 atom stereocenters. The lowest BCUT2D eigenvalue weighted by atomic mass is 9.77. The number of amides is 2. The summed E-state index contributed by atoms with van der Waals surface area (Å²) in [6, 6.07) is 18.4. The molecule has 186 valence electrons. The monoisotopic (exact) mass is 497 g/mol. The zero-order valence-corrected chi connectivity index (χ0v) is 20.4. The van der Waals surface area contributed by atoms with E-state index >= 15 is 0 Å². The zero-order valence-electron chi connectivity index (χ0n) is 20.4. The number of carbonyl (C=O) groups excluding carboxylic acids is 4. The number of fused-ring (bicyclic) bond motifs is 3. The smallest absolute Gasteiger partial charge is 0.241 e. The number of hydrogen-bond donors (Lipinski definition) is 0. The van der Waals surface area contributed by atoms with E-state index in [1.54, 1.807) is 48.5 Å². The summed E-state index contributed by atoms with van der Waals surface area (Å²) < 4.78 is 17.0. The minimum Gasteiger partial charge on any atom is -0.493 e. The van der Waals surface area contributed by atoms with Crippen LogP contribution in [0.2, 0.25) is 0 Å². The Kier molecular flexibility index (Phi) is 5.07. The van der Waals surface area contributed by atoms with Gasteiger partial charge in [0.25, 0.3) is 0 Å². The Morgan fingerprint density at radius 1 is 0.784 bits per heavy atom. The Labute approximate surface area is 212 Å². The number of aryl methyl sites for hydroxylation is 1. The van der Waals surface area contributed by atoms with Crippen molar-refractivity contribution in [2.24, 2.45) is 11.8 Å². The minimum absolute atomic E-state index is 0.195. The highest BCUT2D eigenvalue weighted by Crippen LogP contribution is 2.57. The van der Waals surface area contributed by atoms with E-state index in [9.17, 15) is 19.2 Å². The summed E-state index contributed by atoms with van der Waals surface area (Å²) in [6.07, 6.45) is -0.964. The maximum Gasteiger partial charge on any atom is 0.241 e. The van der Waals surface area contributed by atoms with E-state index in [1.165, 1.54) is 20.3 Å². The van der Waals surface area contributed by atoms with Gasteiger partial charge in [-0.3, -0.25) is 19.2 Å². The SMILES string of the molecule is COc1ccc(N2C(=O)[C@@H]3[C@@H](c4ccc(C)cc4)OC4(C(=O)c5ccccc5C4=O)[C@H]3C2=O)cc1OC. The van der Waals surface area contributed by atoms with E-state index in [0.717, 1.165) is 10.5 Å². The first-order chi connectivity index (χ1) is 17.8. The average Bonchev–Trinajstić information content (AvgIpc) is 3.48. The van der Waals surface area contributed by atoms with Crippen LogP contribution in [0.3, 0.4) is 0 Å². The molecule has 2 fully saturated rings. The number of nitrogens with zero attached hydrogens (tertiary/aromatic N) is 1. The predicted molar refractivity (Wildman–Crippen MR) is 132 cm³/mol. The van der Waals surface area contributed by atoms with Crippen LogP contribution in [0.1, 0.15) is 37.9 Å². The molecule has 1 spiro atoms. The first kappa shape index (κ1) is 23.1. The average molecular weight is 498 g/mol. The Balaban J connectivity index is 1.52. The first-order valence-electron chi connectivity index (χ1n) is 11.9. The number of anilines is 1. The number of carbonyl (C=O) groups is 4. The van der Waals surface area contributed by atoms with Crippen molar-refractivity contribution < 1.29 is 33.4 Å². The molecule has 8 nitrogen and oxygen atoms in total. The van der Waals surface area contributed by atoms with Crippen LogP contribution in [-0.4, -0.2) is 43.2 Å². The van der Waals surface area contributed by atoms with Gasteiger partial charge in [-0.2, -0.15) is 0 Å². The Morgan fingerprint density at radius 2 is 1.41 bits per heavy atom. The summed E-state index contributed by atoms with van der Waals surface area (Å²) in [5.74, 6) is -4.00. The molecule has 0 bridgehead atoms. The Morgan fingerprint density at radius 3 is 2.00 bits per heavy atom. The second-order valence-electron chi connectivity index (χ2n) is 9.44. The third-order valence-electron chi connectivity index (χ3n) is 7.55. The number of ketones is 2. The van der Waals surface area contributed by atoms with Crippen LogP contribution in [0.4, 0.5) is 5.69 Å². The predicted octanol–water partition coefficient (Wildman–Crippen LogP) is 3.71. The first-order valence-corrected chi connectivity index (χ1v) is 11.9. The summed E-state index contributed by atoms with van der Waals surface area (Å²) in [7, 11) is 2.93. The van der Waals surface area contributed by atoms with E-state index in [1.807, 2.05) is 19.1 Å². The lowest BCUT2D eigenvalue weighted by Crippen LogP contribution is -2.51. The third-order valence-corrected chi connectivity index (χ3v) is 7.55. The van der Waals surface area contributed by atoms with Crippen LogP contribution in [0.15, 0.2) is 66.7 Å². The number of hydrogen-bond acceptors (Lipinski definition) is 7. The maximum absolute atomic E-state index is 14.0. The van der Waals surface area contributed by atoms with E-state index in [0.29, 0.717) is 17.1 Å². The van der Waals surface area contributed by atoms with E-state index in [4.69, 9.17) is 14.2 Å². The van der Waals surface area contributed by atoms with Crippen LogP contribution >= 0.6 is 0 Å². The van der Waals surface area contributed by atoms with Gasteiger partial charge in [-0.15, -0.1) is 0 Å². The van der Waals surface area contributed by atoms with Gasteiger partial charge in [-0.05, 0) is 24.6 Å². The summed E-state index contributed by atoms with van der Waals surface area (Å²) in [6.45, 7) is 1.92. The molecule has 2 heterocycles. The van der Waals surface area contributed by atoms with Crippen LogP contribution in [0, 0.1) is 18.8 Å². The third kappa shape index (κ3) is 2.99. The standard InChI is InChI=1S/C29H23NO7/c1-15-8-10-16(11-9-15)24-22-23(29(37-24)25(31)18-6-4-5-7-19(18)26(29)32)28(34)30(27(22)33)17-12-13-20(35-2)21(14-17)36-3/h4-14,22-24H,1-3H3/t22-,23+,24+/m0/s1. The lowest BCUT2D eigenvalue weighted by molar-refractivity contribution is -0.127. The molecule has 3 aliphatic rings. The molecule has 37 heavy (non-hydrogen) atoms. The van der Waals surface area contributed by atoms with Crippen molar-refractivity contribution in [3.05, 3.63) is 89.0 Å². The number of rotatable bonds is 4. The topological polar surface area (TPSA) is 99.2 Å². The number of benzene rings is 3. The van der Waals surface area contributed by atoms with Crippen molar-refractivity contribution in [3.63, 3.8) is 0 Å². The molecule has 3 aromatic rings. The van der Waals surface area contributed by atoms with Crippen molar-refractivity contribution >= 4 is 29.1 Å². The second kappa shape index (κ2) is 8.11. The lowest BCUT2D eigenvalue weighted by Gasteiger charge is -2.27. The van der Waals surface area contributed by atoms with Gasteiger partial charge < -0.3 is 14.2 Å². The highest BCUT2D eigenvalue weighted by Gasteiger charge is 2.74. The Bertz CT molecular complexity index is 1460. The van der Waals surface area contributed by atoms with Crippen molar-refractivity contribution in [3.8, 4) is 11.5 Å². The van der Waals surface area contributed by atoms with Crippen LogP contribution in [0.5, 0.6) is 11.5 Å². The molecule has 0 saturated carbocycles. The number of methoxy groups -OCH3 is 2. The minimum atomic E-state index is -2.11. The van der Waals surface area contributed by atoms with Crippen molar-refractivity contribution in [1.29, 1.82) is 0 Å². The number of ether oxygens (including phenoxy) is 3. The van der Waals surface area contributed by atoms with Gasteiger partial charge in [0, 0.05) is 17.2 Å². The van der Waals surface area contributed by atoms with Crippen molar-refractivity contribution in [2.75, 3.05) is 19.1 Å². The van der Waals surface area contributed by atoms with Gasteiger partial charge in [0.1, 0.15) is 0 Å². The molecule has 2 saturated heterocycles. The van der Waals surface area contributed by atoms with E-state index < -0.39 is 46.9 Å². The molecule has 0 N–H and O–H groups in total. The van der Waals surface area contributed by atoms with Crippen LogP contribution in [0.25, 0.3) is 0 Å². The quantitative estimate of drug-likeness (QED) is 0.400. The maximum atomic E-state index is 14.0. The Hall–Kier alpha value is -4.30. The van der Waals surface area contributed by atoms with Gasteiger partial charge in [-0.25, -0.2) is 4.90 Å². The molecule has 0 radical (unpaired) electrons. The number of Topliss-reactive ketones (excluding diaryl/α,β-unsaturated/α-hetero) is 2. The van der Waals surface area contributed by atoms with Crippen LogP contribution < -0.4 is 14.4 Å². The highest BCUT2D eigenvalue weighted by atomic mass is 16.5. The van der Waals surface area contributed by atoms with E-state index in [-0.39, 0.29) is 16.8 Å². The molecular formula is C29H23NO7. The highest BCUT2D eigenvalue weighted by molar-refractivity contribution is 6.37. The molecular weight excluding hydrogens is 474 g/mol. The molecule has 2 amide bonds. The fourth-order valence-corrected chi connectivity index (χ4v) is 5.79.